The highest BCUT2D eigenvalue weighted by molar-refractivity contribution is 7.22. The Morgan fingerprint density at radius 1 is 1.09 bits per heavy atom. The molecule has 0 amide bonds. The highest BCUT2D eigenvalue weighted by atomic mass is 32.1. The third kappa shape index (κ3) is 3.24. The van der Waals surface area contributed by atoms with Crippen molar-refractivity contribution in [3.05, 3.63) is 40.3 Å². The first-order valence-electron chi connectivity index (χ1n) is 8.08. The molecule has 0 aliphatic carbocycles. The zero-order valence-electron chi connectivity index (χ0n) is 13.2. The molecule has 6 heteroatoms. The number of aromatic nitrogens is 2. The van der Waals surface area contributed by atoms with Crippen molar-refractivity contribution in [3.63, 3.8) is 0 Å². The summed E-state index contributed by atoms with van der Waals surface area (Å²) in [6.07, 6.45) is 1.04. The summed E-state index contributed by atoms with van der Waals surface area (Å²) in [4.78, 5) is 14.4. The second kappa shape index (κ2) is 6.55. The second-order valence-corrected chi connectivity index (χ2v) is 7.77. The van der Waals surface area contributed by atoms with Crippen LogP contribution in [0.4, 0.5) is 5.13 Å². The third-order valence-corrected chi connectivity index (χ3v) is 6.35. The van der Waals surface area contributed by atoms with Gasteiger partial charge >= 0.3 is 0 Å². The van der Waals surface area contributed by atoms with Gasteiger partial charge in [0, 0.05) is 38.1 Å². The van der Waals surface area contributed by atoms with E-state index < -0.39 is 0 Å². The Balaban J connectivity index is 1.38. The molecular weight excluding hydrogens is 324 g/mol. The molecule has 3 aromatic rings. The Kier molecular flexibility index (Phi) is 4.29. The van der Waals surface area contributed by atoms with Crippen molar-refractivity contribution < 1.29 is 0 Å². The lowest BCUT2D eigenvalue weighted by Gasteiger charge is -2.34. The maximum atomic E-state index is 4.78. The minimum atomic E-state index is 0.976. The summed E-state index contributed by atoms with van der Waals surface area (Å²) in [7, 11) is 0. The molecule has 1 aliphatic rings. The van der Waals surface area contributed by atoms with E-state index in [2.05, 4.69) is 51.4 Å². The van der Waals surface area contributed by atoms with Gasteiger partial charge in [0.15, 0.2) is 5.13 Å². The van der Waals surface area contributed by atoms with Gasteiger partial charge in [-0.2, -0.15) is 0 Å². The number of hydrogen-bond donors (Lipinski definition) is 0. The van der Waals surface area contributed by atoms with Crippen LogP contribution in [0.3, 0.4) is 0 Å². The van der Waals surface area contributed by atoms with E-state index in [0.29, 0.717) is 0 Å². The predicted octanol–water partition coefficient (Wildman–Crippen LogP) is 3.64. The first kappa shape index (κ1) is 15.1. The van der Waals surface area contributed by atoms with Gasteiger partial charge in [-0.1, -0.05) is 30.4 Å². The van der Waals surface area contributed by atoms with Gasteiger partial charge in [0.2, 0.25) is 0 Å². The molecule has 1 fully saturated rings. The van der Waals surface area contributed by atoms with E-state index in [1.165, 1.54) is 15.4 Å². The number of thiazole rings is 2. The molecule has 0 atom stereocenters. The molecular formula is C17H20N4S2. The summed E-state index contributed by atoms with van der Waals surface area (Å²) in [6.45, 7) is 7.39. The highest BCUT2D eigenvalue weighted by Gasteiger charge is 2.20. The van der Waals surface area contributed by atoms with Crippen LogP contribution in [0.2, 0.25) is 0 Å². The van der Waals surface area contributed by atoms with Crippen LogP contribution in [-0.2, 0) is 13.0 Å². The van der Waals surface area contributed by atoms with Crippen molar-refractivity contribution in [1.29, 1.82) is 0 Å². The fourth-order valence-electron chi connectivity index (χ4n) is 2.91. The van der Waals surface area contributed by atoms with Crippen molar-refractivity contribution in [2.75, 3.05) is 31.1 Å². The van der Waals surface area contributed by atoms with Crippen LogP contribution < -0.4 is 4.90 Å². The predicted molar refractivity (Wildman–Crippen MR) is 98.6 cm³/mol. The van der Waals surface area contributed by atoms with Gasteiger partial charge < -0.3 is 4.90 Å². The molecule has 0 unspecified atom stereocenters. The first-order chi connectivity index (χ1) is 11.3. The normalized spacial score (nSPS) is 16.3. The number of para-hydroxylation sites is 1. The van der Waals surface area contributed by atoms with E-state index >= 15 is 0 Å². The summed E-state index contributed by atoms with van der Waals surface area (Å²) in [5.41, 5.74) is 2.34. The first-order valence-corrected chi connectivity index (χ1v) is 9.77. The molecule has 2 aromatic heterocycles. The largest absolute Gasteiger partial charge is 0.345 e. The average Bonchev–Trinajstić information content (AvgIpc) is 3.21. The number of anilines is 1. The Morgan fingerprint density at radius 3 is 2.65 bits per heavy atom. The fourth-order valence-corrected chi connectivity index (χ4v) is 4.66. The van der Waals surface area contributed by atoms with Gasteiger partial charge in [-0.05, 0) is 18.6 Å². The quantitative estimate of drug-likeness (QED) is 0.723. The van der Waals surface area contributed by atoms with E-state index in [0.717, 1.165) is 49.8 Å². The minimum absolute atomic E-state index is 0.976. The molecule has 23 heavy (non-hydrogen) atoms. The van der Waals surface area contributed by atoms with E-state index in [1.54, 1.807) is 22.7 Å². The third-order valence-electron chi connectivity index (χ3n) is 4.21. The smallest absolute Gasteiger partial charge is 0.186 e. The van der Waals surface area contributed by atoms with Crippen molar-refractivity contribution >= 4 is 38.0 Å². The van der Waals surface area contributed by atoms with Crippen LogP contribution in [0.5, 0.6) is 0 Å². The average molecular weight is 345 g/mol. The fraction of sp³-hybridized carbons (Fsp3) is 0.412. The van der Waals surface area contributed by atoms with Gasteiger partial charge in [-0.25, -0.2) is 9.97 Å². The maximum Gasteiger partial charge on any atom is 0.186 e. The van der Waals surface area contributed by atoms with Crippen molar-refractivity contribution in [3.8, 4) is 0 Å². The Labute approximate surface area is 144 Å². The SMILES string of the molecule is CCc1nc(CN2CCN(c3nc4ccccc4s3)CC2)cs1. The number of fused-ring (bicyclic) bond motifs is 1. The molecule has 0 saturated carbocycles. The van der Waals surface area contributed by atoms with Gasteiger partial charge in [0.25, 0.3) is 0 Å². The minimum Gasteiger partial charge on any atom is -0.345 e. The Morgan fingerprint density at radius 2 is 1.91 bits per heavy atom. The molecule has 1 aromatic carbocycles. The summed E-state index contributed by atoms with van der Waals surface area (Å²) < 4.78 is 1.28. The molecule has 1 aliphatic heterocycles. The monoisotopic (exact) mass is 344 g/mol. The number of aryl methyl sites for hydroxylation is 1. The van der Waals surface area contributed by atoms with E-state index in [9.17, 15) is 0 Å². The molecule has 4 nitrogen and oxygen atoms in total. The van der Waals surface area contributed by atoms with Crippen LogP contribution in [0, 0.1) is 0 Å². The number of nitrogens with zero attached hydrogens (tertiary/aromatic N) is 4. The molecule has 0 N–H and O–H groups in total. The van der Waals surface area contributed by atoms with Crippen LogP contribution in [-0.4, -0.2) is 41.0 Å². The number of hydrogen-bond acceptors (Lipinski definition) is 6. The van der Waals surface area contributed by atoms with Crippen molar-refractivity contribution in [1.82, 2.24) is 14.9 Å². The van der Waals surface area contributed by atoms with Crippen molar-refractivity contribution in [2.45, 2.75) is 19.9 Å². The topological polar surface area (TPSA) is 32.3 Å². The zero-order chi connectivity index (χ0) is 15.6. The number of rotatable bonds is 4. The molecule has 0 spiro atoms. The van der Waals surface area contributed by atoms with Gasteiger partial charge in [-0.15, -0.1) is 11.3 Å². The standard InChI is InChI=1S/C17H20N4S2/c1-2-16-18-13(12-22-16)11-20-7-9-21(10-8-20)17-19-14-5-3-4-6-15(14)23-17/h3-6,12H,2,7-11H2,1H3. The highest BCUT2D eigenvalue weighted by Crippen LogP contribution is 2.29. The van der Waals surface area contributed by atoms with Gasteiger partial charge in [-0.3, -0.25) is 4.90 Å². The summed E-state index contributed by atoms with van der Waals surface area (Å²) >= 11 is 3.58. The van der Waals surface area contributed by atoms with Crippen LogP contribution >= 0.6 is 22.7 Å². The van der Waals surface area contributed by atoms with Crippen LogP contribution in [0.1, 0.15) is 17.6 Å². The number of piperazine rings is 1. The van der Waals surface area contributed by atoms with E-state index in [1.807, 2.05) is 0 Å². The second-order valence-electron chi connectivity index (χ2n) is 5.81. The lowest BCUT2D eigenvalue weighted by atomic mass is 10.3. The molecule has 0 radical (unpaired) electrons. The van der Waals surface area contributed by atoms with Gasteiger partial charge in [0.1, 0.15) is 0 Å². The Bertz CT molecular complexity index is 754. The zero-order valence-corrected chi connectivity index (χ0v) is 14.9. The van der Waals surface area contributed by atoms with Gasteiger partial charge in [0.05, 0.1) is 20.9 Å². The maximum absolute atomic E-state index is 4.78. The number of benzene rings is 1. The van der Waals surface area contributed by atoms with E-state index in [-0.39, 0.29) is 0 Å². The lowest BCUT2D eigenvalue weighted by Crippen LogP contribution is -2.46. The molecule has 0 bridgehead atoms. The molecule has 4 rings (SSSR count). The van der Waals surface area contributed by atoms with E-state index in [4.69, 9.17) is 4.98 Å². The summed E-state index contributed by atoms with van der Waals surface area (Å²) in [6, 6.07) is 8.39. The van der Waals surface area contributed by atoms with Crippen molar-refractivity contribution in [2.24, 2.45) is 0 Å². The van der Waals surface area contributed by atoms with Crippen LogP contribution in [0.25, 0.3) is 10.2 Å². The molecule has 1 saturated heterocycles. The van der Waals surface area contributed by atoms with Crippen LogP contribution in [0.15, 0.2) is 29.6 Å². The summed E-state index contributed by atoms with van der Waals surface area (Å²) in [5, 5.41) is 4.61. The summed E-state index contributed by atoms with van der Waals surface area (Å²) in [5.74, 6) is 0. The molecule has 3 heterocycles. The molecule has 120 valence electrons. The Hall–Kier alpha value is -1.50. The lowest BCUT2D eigenvalue weighted by molar-refractivity contribution is 0.247.